The minimum Gasteiger partial charge on any atom is -0.508 e. The average molecular weight is 259 g/mol. The molecular weight excluding hydrogens is 245 g/mol. The van der Waals surface area contributed by atoms with Crippen LogP contribution >= 0.6 is 0 Å². The molecular formula is C15H14FNO2. The molecule has 2 rings (SSSR count). The molecule has 98 valence electrons. The van der Waals surface area contributed by atoms with E-state index in [9.17, 15) is 14.3 Å². The van der Waals surface area contributed by atoms with E-state index in [2.05, 4.69) is 0 Å². The van der Waals surface area contributed by atoms with E-state index in [0.717, 1.165) is 5.56 Å². The van der Waals surface area contributed by atoms with Gasteiger partial charge in [0, 0.05) is 19.2 Å². The number of aromatic hydroxyl groups is 1. The number of benzene rings is 2. The molecule has 0 aliphatic rings. The molecule has 0 radical (unpaired) electrons. The molecule has 0 atom stereocenters. The summed E-state index contributed by atoms with van der Waals surface area (Å²) in [6.45, 7) is 0.380. The normalized spacial score (nSPS) is 10.2. The highest BCUT2D eigenvalue weighted by molar-refractivity contribution is 5.93. The fourth-order valence-electron chi connectivity index (χ4n) is 1.81. The first kappa shape index (κ1) is 13.1. The van der Waals surface area contributed by atoms with E-state index in [1.807, 2.05) is 6.07 Å². The number of carbonyl (C=O) groups is 1. The first-order chi connectivity index (χ1) is 9.06. The zero-order valence-corrected chi connectivity index (χ0v) is 10.5. The number of rotatable bonds is 3. The lowest BCUT2D eigenvalue weighted by Crippen LogP contribution is -2.26. The summed E-state index contributed by atoms with van der Waals surface area (Å²) in [5.74, 6) is -0.393. The van der Waals surface area contributed by atoms with E-state index in [-0.39, 0.29) is 17.5 Å². The van der Waals surface area contributed by atoms with Gasteiger partial charge in [-0.3, -0.25) is 4.79 Å². The highest BCUT2D eigenvalue weighted by Crippen LogP contribution is 2.14. The number of nitrogens with zero attached hydrogens (tertiary/aromatic N) is 1. The molecule has 4 heteroatoms. The molecule has 0 heterocycles. The maximum atomic E-state index is 12.8. The molecule has 0 bridgehead atoms. The van der Waals surface area contributed by atoms with E-state index in [4.69, 9.17) is 0 Å². The summed E-state index contributed by atoms with van der Waals surface area (Å²) in [6.07, 6.45) is 0. The largest absolute Gasteiger partial charge is 0.508 e. The second-order valence-corrected chi connectivity index (χ2v) is 4.34. The summed E-state index contributed by atoms with van der Waals surface area (Å²) >= 11 is 0. The quantitative estimate of drug-likeness (QED) is 0.920. The fourth-order valence-corrected chi connectivity index (χ4v) is 1.81. The van der Waals surface area contributed by atoms with Gasteiger partial charge in [0.1, 0.15) is 11.6 Å². The minimum atomic E-state index is -0.368. The Morgan fingerprint density at radius 2 is 1.89 bits per heavy atom. The van der Waals surface area contributed by atoms with Crippen LogP contribution in [0.3, 0.4) is 0 Å². The van der Waals surface area contributed by atoms with Crippen LogP contribution < -0.4 is 0 Å². The number of hydrogen-bond acceptors (Lipinski definition) is 2. The number of carbonyl (C=O) groups excluding carboxylic acids is 1. The first-order valence-corrected chi connectivity index (χ1v) is 5.85. The molecule has 2 aromatic rings. The predicted molar refractivity (Wildman–Crippen MR) is 70.3 cm³/mol. The highest BCUT2D eigenvalue weighted by atomic mass is 19.1. The van der Waals surface area contributed by atoms with Crippen LogP contribution in [0.15, 0.2) is 48.5 Å². The molecule has 0 unspecified atom stereocenters. The van der Waals surface area contributed by atoms with E-state index < -0.39 is 0 Å². The average Bonchev–Trinajstić information content (AvgIpc) is 2.39. The Bertz CT molecular complexity index is 581. The van der Waals surface area contributed by atoms with Gasteiger partial charge in [-0.2, -0.15) is 0 Å². The van der Waals surface area contributed by atoms with Crippen molar-refractivity contribution >= 4 is 5.91 Å². The van der Waals surface area contributed by atoms with E-state index in [1.54, 1.807) is 25.2 Å². The number of amides is 1. The SMILES string of the molecule is CN(Cc1cccc(O)c1)C(=O)c1ccc(F)cc1. The molecule has 1 amide bonds. The zero-order chi connectivity index (χ0) is 13.8. The monoisotopic (exact) mass is 259 g/mol. The predicted octanol–water partition coefficient (Wildman–Crippen LogP) is 2.80. The maximum Gasteiger partial charge on any atom is 0.253 e. The minimum absolute atomic E-state index is 0.167. The van der Waals surface area contributed by atoms with Crippen molar-refractivity contribution in [1.82, 2.24) is 4.90 Å². The molecule has 1 N–H and O–H groups in total. The molecule has 0 spiro atoms. The Morgan fingerprint density at radius 3 is 2.53 bits per heavy atom. The molecule has 0 aliphatic heterocycles. The van der Waals surface area contributed by atoms with Crippen molar-refractivity contribution in [2.45, 2.75) is 6.54 Å². The van der Waals surface area contributed by atoms with Gasteiger partial charge in [-0.1, -0.05) is 12.1 Å². The molecule has 2 aromatic carbocycles. The second kappa shape index (κ2) is 5.52. The van der Waals surface area contributed by atoms with Crippen molar-refractivity contribution in [2.75, 3.05) is 7.05 Å². The Balaban J connectivity index is 2.09. The molecule has 0 aromatic heterocycles. The van der Waals surface area contributed by atoms with Gasteiger partial charge in [0.15, 0.2) is 0 Å². The van der Waals surface area contributed by atoms with Crippen LogP contribution in [0.25, 0.3) is 0 Å². The lowest BCUT2D eigenvalue weighted by molar-refractivity contribution is 0.0785. The van der Waals surface area contributed by atoms with Crippen LogP contribution in [0.1, 0.15) is 15.9 Å². The number of phenolic OH excluding ortho intramolecular Hbond substituents is 1. The van der Waals surface area contributed by atoms with Gasteiger partial charge in [0.05, 0.1) is 0 Å². The third-order valence-corrected chi connectivity index (χ3v) is 2.77. The smallest absolute Gasteiger partial charge is 0.253 e. The Labute approximate surface area is 110 Å². The van der Waals surface area contributed by atoms with Crippen LogP contribution in [0.2, 0.25) is 0 Å². The summed E-state index contributed by atoms with van der Waals surface area (Å²) in [4.78, 5) is 13.6. The molecule has 3 nitrogen and oxygen atoms in total. The molecule has 0 fully saturated rings. The Kier molecular flexibility index (Phi) is 3.80. The molecule has 19 heavy (non-hydrogen) atoms. The summed E-state index contributed by atoms with van der Waals surface area (Å²) < 4.78 is 12.8. The van der Waals surface area contributed by atoms with Crippen LogP contribution in [0.5, 0.6) is 5.75 Å². The first-order valence-electron chi connectivity index (χ1n) is 5.85. The van der Waals surface area contributed by atoms with Gasteiger partial charge in [-0.25, -0.2) is 4.39 Å². The third-order valence-electron chi connectivity index (χ3n) is 2.77. The summed E-state index contributed by atoms with van der Waals surface area (Å²) in [5, 5.41) is 9.37. The van der Waals surface area contributed by atoms with Crippen molar-refractivity contribution < 1.29 is 14.3 Å². The number of hydrogen-bond donors (Lipinski definition) is 1. The topological polar surface area (TPSA) is 40.5 Å². The summed E-state index contributed by atoms with van der Waals surface area (Å²) in [5.41, 5.74) is 1.27. The van der Waals surface area contributed by atoms with Crippen LogP contribution in [-0.4, -0.2) is 23.0 Å². The summed E-state index contributed by atoms with van der Waals surface area (Å²) in [7, 11) is 1.66. The zero-order valence-electron chi connectivity index (χ0n) is 10.5. The van der Waals surface area contributed by atoms with Crippen molar-refractivity contribution in [3.8, 4) is 5.75 Å². The third kappa shape index (κ3) is 3.31. The van der Waals surface area contributed by atoms with Crippen LogP contribution in [0, 0.1) is 5.82 Å². The number of phenols is 1. The van der Waals surface area contributed by atoms with Crippen molar-refractivity contribution in [2.24, 2.45) is 0 Å². The lowest BCUT2D eigenvalue weighted by atomic mass is 10.1. The number of halogens is 1. The molecule has 0 saturated carbocycles. The Hall–Kier alpha value is -2.36. The van der Waals surface area contributed by atoms with Crippen molar-refractivity contribution in [3.63, 3.8) is 0 Å². The standard InChI is InChI=1S/C15H14FNO2/c1-17(10-11-3-2-4-14(18)9-11)15(19)12-5-7-13(16)8-6-12/h2-9,18H,10H2,1H3. The maximum absolute atomic E-state index is 12.8. The van der Waals surface area contributed by atoms with Gasteiger partial charge >= 0.3 is 0 Å². The van der Waals surface area contributed by atoms with E-state index >= 15 is 0 Å². The van der Waals surface area contributed by atoms with Crippen molar-refractivity contribution in [3.05, 3.63) is 65.5 Å². The van der Waals surface area contributed by atoms with Crippen LogP contribution in [-0.2, 0) is 6.54 Å². The Morgan fingerprint density at radius 1 is 1.21 bits per heavy atom. The fraction of sp³-hybridized carbons (Fsp3) is 0.133. The highest BCUT2D eigenvalue weighted by Gasteiger charge is 2.12. The van der Waals surface area contributed by atoms with Gasteiger partial charge < -0.3 is 10.0 Å². The van der Waals surface area contributed by atoms with Crippen molar-refractivity contribution in [1.29, 1.82) is 0 Å². The lowest BCUT2D eigenvalue weighted by Gasteiger charge is -2.17. The molecule has 0 aliphatic carbocycles. The van der Waals surface area contributed by atoms with Crippen LogP contribution in [0.4, 0.5) is 4.39 Å². The van der Waals surface area contributed by atoms with E-state index in [1.165, 1.54) is 29.2 Å². The van der Waals surface area contributed by atoms with Gasteiger partial charge in [0.2, 0.25) is 0 Å². The van der Waals surface area contributed by atoms with Gasteiger partial charge in [-0.05, 0) is 42.0 Å². The van der Waals surface area contributed by atoms with E-state index in [0.29, 0.717) is 12.1 Å². The second-order valence-electron chi connectivity index (χ2n) is 4.34. The van der Waals surface area contributed by atoms with Gasteiger partial charge in [-0.15, -0.1) is 0 Å². The molecule has 0 saturated heterocycles. The summed E-state index contributed by atoms with van der Waals surface area (Å²) in [6, 6.07) is 12.2. The van der Waals surface area contributed by atoms with Gasteiger partial charge in [0.25, 0.3) is 5.91 Å².